The Kier molecular flexibility index (Phi) is 5.41. The number of para-hydroxylation sites is 1. The molecule has 0 unspecified atom stereocenters. The topological polar surface area (TPSA) is 46.6 Å². The molecule has 25 heavy (non-hydrogen) atoms. The average molecular weight is 378 g/mol. The molecule has 0 aliphatic carbocycles. The van der Waals surface area contributed by atoms with Crippen LogP contribution in [0.1, 0.15) is 38.3 Å². The van der Waals surface area contributed by atoms with E-state index in [0.717, 1.165) is 39.6 Å². The molecule has 0 amide bonds. The van der Waals surface area contributed by atoms with Crippen molar-refractivity contribution in [2.75, 3.05) is 10.8 Å². The van der Waals surface area contributed by atoms with Crippen LogP contribution in [0.2, 0.25) is 0 Å². The summed E-state index contributed by atoms with van der Waals surface area (Å²) in [6.45, 7) is 6.04. The van der Waals surface area contributed by atoms with Gasteiger partial charge in [-0.25, -0.2) is 5.06 Å². The van der Waals surface area contributed by atoms with Crippen LogP contribution < -0.4 is 5.06 Å². The summed E-state index contributed by atoms with van der Waals surface area (Å²) in [6, 6.07) is 12.0. The zero-order valence-electron chi connectivity index (χ0n) is 14.8. The molecular weight excluding hydrogens is 354 g/mol. The molecular formula is C19H23NO3S2. The summed E-state index contributed by atoms with van der Waals surface area (Å²) in [5.41, 5.74) is 3.98. The SMILES string of the molecule is CCCS(=O)(=O)ON1c2ccccc2Sc2cc(CC)cc(CC)c21. The molecule has 0 atom stereocenters. The third-order valence-corrected chi connectivity index (χ3v) is 6.53. The number of benzene rings is 2. The lowest BCUT2D eigenvalue weighted by molar-refractivity contribution is 0.318. The minimum absolute atomic E-state index is 0.00262. The maximum absolute atomic E-state index is 12.4. The standard InChI is InChI=1S/C19H23NO3S2/c1-4-11-25(21,22)23-20-16-9-7-8-10-17(16)24-18-13-14(5-2)12-15(6-3)19(18)20/h7-10,12-13H,4-6,11H2,1-3H3. The van der Waals surface area contributed by atoms with E-state index in [1.54, 1.807) is 11.8 Å². The second-order valence-electron chi connectivity index (χ2n) is 6.01. The molecule has 4 nitrogen and oxygen atoms in total. The largest absolute Gasteiger partial charge is 0.288 e. The van der Waals surface area contributed by atoms with Gasteiger partial charge < -0.3 is 0 Å². The fourth-order valence-electron chi connectivity index (χ4n) is 2.94. The number of nitrogens with zero attached hydrogens (tertiary/aromatic N) is 1. The van der Waals surface area contributed by atoms with Crippen LogP contribution in [0.3, 0.4) is 0 Å². The molecule has 2 aromatic rings. The molecule has 134 valence electrons. The van der Waals surface area contributed by atoms with Crippen LogP contribution in [0.4, 0.5) is 11.4 Å². The number of hydrogen-bond donors (Lipinski definition) is 0. The first-order valence-electron chi connectivity index (χ1n) is 8.64. The van der Waals surface area contributed by atoms with E-state index in [1.165, 1.54) is 10.6 Å². The lowest BCUT2D eigenvalue weighted by Gasteiger charge is -2.32. The molecule has 0 bridgehead atoms. The summed E-state index contributed by atoms with van der Waals surface area (Å²) in [4.78, 5) is 2.04. The first kappa shape index (κ1) is 18.3. The molecule has 1 heterocycles. The fourth-order valence-corrected chi connectivity index (χ4v) is 5.06. The lowest BCUT2D eigenvalue weighted by Crippen LogP contribution is -2.27. The molecule has 1 aliphatic rings. The normalized spacial score (nSPS) is 13.5. The summed E-state index contributed by atoms with van der Waals surface area (Å²) < 4.78 is 30.3. The second kappa shape index (κ2) is 7.40. The highest BCUT2D eigenvalue weighted by Crippen LogP contribution is 2.50. The summed E-state index contributed by atoms with van der Waals surface area (Å²) in [7, 11) is -3.64. The van der Waals surface area contributed by atoms with Crippen molar-refractivity contribution in [3.63, 3.8) is 0 Å². The van der Waals surface area contributed by atoms with Gasteiger partial charge in [-0.05, 0) is 48.6 Å². The number of rotatable bonds is 6. The van der Waals surface area contributed by atoms with Gasteiger partial charge in [-0.3, -0.25) is 0 Å². The van der Waals surface area contributed by atoms with Gasteiger partial charge in [-0.15, -0.1) is 4.28 Å². The van der Waals surface area contributed by atoms with Gasteiger partial charge in [0, 0.05) is 9.79 Å². The van der Waals surface area contributed by atoms with Crippen LogP contribution in [0.5, 0.6) is 0 Å². The van der Waals surface area contributed by atoms with Gasteiger partial charge in [-0.1, -0.05) is 50.7 Å². The monoisotopic (exact) mass is 377 g/mol. The Morgan fingerprint density at radius 2 is 1.80 bits per heavy atom. The van der Waals surface area contributed by atoms with Crippen LogP contribution in [0.15, 0.2) is 46.2 Å². The van der Waals surface area contributed by atoms with Gasteiger partial charge >= 0.3 is 0 Å². The third kappa shape index (κ3) is 3.71. The van der Waals surface area contributed by atoms with Crippen molar-refractivity contribution in [1.82, 2.24) is 0 Å². The molecule has 3 rings (SSSR count). The quantitative estimate of drug-likeness (QED) is 0.702. The van der Waals surface area contributed by atoms with Gasteiger partial charge in [0.15, 0.2) is 0 Å². The molecule has 6 heteroatoms. The Bertz CT molecular complexity index is 878. The van der Waals surface area contributed by atoms with Gasteiger partial charge in [0.25, 0.3) is 10.1 Å². The van der Waals surface area contributed by atoms with E-state index in [2.05, 4.69) is 26.0 Å². The van der Waals surface area contributed by atoms with Gasteiger partial charge in [0.2, 0.25) is 0 Å². The van der Waals surface area contributed by atoms with E-state index >= 15 is 0 Å². The first-order chi connectivity index (χ1) is 12.0. The van der Waals surface area contributed by atoms with Crippen molar-refractivity contribution in [1.29, 1.82) is 0 Å². The van der Waals surface area contributed by atoms with Crippen LogP contribution in [0, 0.1) is 0 Å². The van der Waals surface area contributed by atoms with Crippen LogP contribution >= 0.6 is 11.8 Å². The molecule has 2 aromatic carbocycles. The predicted octanol–water partition coefficient (Wildman–Crippen LogP) is 5.09. The van der Waals surface area contributed by atoms with Crippen molar-refractivity contribution in [2.45, 2.75) is 49.8 Å². The maximum atomic E-state index is 12.4. The van der Waals surface area contributed by atoms with Crippen molar-refractivity contribution >= 4 is 33.3 Å². The van der Waals surface area contributed by atoms with Crippen molar-refractivity contribution in [2.24, 2.45) is 0 Å². The highest BCUT2D eigenvalue weighted by Gasteiger charge is 2.30. The molecule has 0 radical (unpaired) electrons. The van der Waals surface area contributed by atoms with Crippen molar-refractivity contribution < 1.29 is 12.7 Å². The van der Waals surface area contributed by atoms with Crippen LogP contribution in [0.25, 0.3) is 0 Å². The minimum Gasteiger partial charge on any atom is -0.202 e. The molecule has 0 spiro atoms. The number of hydrogen-bond acceptors (Lipinski definition) is 5. The second-order valence-corrected chi connectivity index (χ2v) is 8.77. The van der Waals surface area contributed by atoms with Gasteiger partial charge in [-0.2, -0.15) is 8.42 Å². The number of aryl methyl sites for hydroxylation is 2. The van der Waals surface area contributed by atoms with Crippen LogP contribution in [-0.2, 0) is 27.2 Å². The van der Waals surface area contributed by atoms with Crippen LogP contribution in [-0.4, -0.2) is 14.2 Å². The molecule has 0 aromatic heterocycles. The Labute approximate surface area is 154 Å². The molecule has 0 saturated heterocycles. The third-order valence-electron chi connectivity index (χ3n) is 4.15. The number of fused-ring (bicyclic) bond motifs is 2. The smallest absolute Gasteiger partial charge is 0.202 e. The summed E-state index contributed by atoms with van der Waals surface area (Å²) in [5, 5.41) is 1.52. The molecule has 0 fully saturated rings. The Morgan fingerprint density at radius 3 is 2.48 bits per heavy atom. The highest BCUT2D eigenvalue weighted by atomic mass is 32.2. The predicted molar refractivity (Wildman–Crippen MR) is 103 cm³/mol. The summed E-state index contributed by atoms with van der Waals surface area (Å²) >= 11 is 1.67. The van der Waals surface area contributed by atoms with E-state index in [4.69, 9.17) is 4.28 Å². The van der Waals surface area contributed by atoms with E-state index in [0.29, 0.717) is 6.42 Å². The average Bonchev–Trinajstić information content (AvgIpc) is 2.60. The Balaban J connectivity index is 2.17. The molecule has 1 aliphatic heterocycles. The lowest BCUT2D eigenvalue weighted by atomic mass is 10.0. The highest BCUT2D eigenvalue weighted by molar-refractivity contribution is 7.99. The van der Waals surface area contributed by atoms with Gasteiger partial charge in [0.05, 0.1) is 17.1 Å². The van der Waals surface area contributed by atoms with Crippen molar-refractivity contribution in [3.8, 4) is 0 Å². The maximum Gasteiger partial charge on any atom is 0.288 e. The molecule has 0 saturated carbocycles. The zero-order valence-corrected chi connectivity index (χ0v) is 16.4. The zero-order chi connectivity index (χ0) is 18.0. The summed E-state index contributed by atoms with van der Waals surface area (Å²) in [6.07, 6.45) is 2.28. The number of anilines is 2. The van der Waals surface area contributed by atoms with E-state index < -0.39 is 10.1 Å². The minimum atomic E-state index is -3.64. The summed E-state index contributed by atoms with van der Waals surface area (Å²) in [5.74, 6) is 0.00262. The Morgan fingerprint density at radius 1 is 1.04 bits per heavy atom. The fraction of sp³-hybridized carbons (Fsp3) is 0.368. The first-order valence-corrected chi connectivity index (χ1v) is 11.0. The van der Waals surface area contributed by atoms with E-state index in [-0.39, 0.29) is 5.75 Å². The van der Waals surface area contributed by atoms with E-state index in [9.17, 15) is 8.42 Å². The van der Waals surface area contributed by atoms with Crippen molar-refractivity contribution in [3.05, 3.63) is 47.5 Å². The van der Waals surface area contributed by atoms with E-state index in [1.807, 2.05) is 31.2 Å². The van der Waals surface area contributed by atoms with Gasteiger partial charge in [0.1, 0.15) is 0 Å². The Hall–Kier alpha value is -1.50. The molecule has 0 N–H and O–H groups in total.